The van der Waals surface area contributed by atoms with Gasteiger partial charge in [-0.3, -0.25) is 10.1 Å². The Hall–Kier alpha value is -2.13. The zero-order chi connectivity index (χ0) is 15.8. The summed E-state index contributed by atoms with van der Waals surface area (Å²) in [5.74, 6) is -1.54. The molecule has 1 aromatic carbocycles. The van der Waals surface area contributed by atoms with Crippen molar-refractivity contribution in [1.29, 1.82) is 0 Å². The van der Waals surface area contributed by atoms with Crippen LogP contribution in [0.25, 0.3) is 0 Å². The summed E-state index contributed by atoms with van der Waals surface area (Å²) < 4.78 is 10.3. The normalized spacial score (nSPS) is 9.81. The number of rotatable bonds is 6. The number of carboxylic acid groups (broad SMARTS) is 1. The Morgan fingerprint density at radius 1 is 1.29 bits per heavy atom. The third-order valence-electron chi connectivity index (χ3n) is 2.12. The number of methoxy groups -OCH3 is 1. The van der Waals surface area contributed by atoms with Gasteiger partial charge >= 0.3 is 12.0 Å². The van der Waals surface area contributed by atoms with Crippen molar-refractivity contribution in [3.05, 3.63) is 22.7 Å². The Morgan fingerprint density at radius 2 is 2.00 bits per heavy atom. The molecular formula is C12H13BrN2O6. The van der Waals surface area contributed by atoms with Crippen molar-refractivity contribution in [2.45, 2.75) is 0 Å². The largest absolute Gasteiger partial charge is 0.495 e. The van der Waals surface area contributed by atoms with E-state index in [0.29, 0.717) is 11.4 Å². The SMILES string of the molecule is COc1ccc(Br)cc1NC(=O)NC(=O)COCC(=O)O. The number of carboxylic acids is 1. The second-order valence-electron chi connectivity index (χ2n) is 3.73. The zero-order valence-electron chi connectivity index (χ0n) is 11.0. The maximum Gasteiger partial charge on any atom is 0.329 e. The van der Waals surface area contributed by atoms with E-state index in [9.17, 15) is 14.4 Å². The molecule has 0 saturated carbocycles. The van der Waals surface area contributed by atoms with E-state index in [-0.39, 0.29) is 0 Å². The number of nitrogens with one attached hydrogen (secondary N) is 2. The highest BCUT2D eigenvalue weighted by Crippen LogP contribution is 2.27. The number of urea groups is 1. The van der Waals surface area contributed by atoms with Crippen molar-refractivity contribution in [2.24, 2.45) is 0 Å². The Balaban J connectivity index is 2.52. The summed E-state index contributed by atoms with van der Waals surface area (Å²) >= 11 is 3.24. The highest BCUT2D eigenvalue weighted by atomic mass is 79.9. The van der Waals surface area contributed by atoms with E-state index in [2.05, 4.69) is 26.0 Å². The van der Waals surface area contributed by atoms with Gasteiger partial charge in [-0.15, -0.1) is 0 Å². The molecule has 0 bridgehead atoms. The molecule has 0 radical (unpaired) electrons. The summed E-state index contributed by atoms with van der Waals surface area (Å²) in [6.07, 6.45) is 0. The van der Waals surface area contributed by atoms with Crippen molar-refractivity contribution < 1.29 is 29.0 Å². The average Bonchev–Trinajstić information content (AvgIpc) is 2.38. The van der Waals surface area contributed by atoms with E-state index in [1.807, 2.05) is 5.32 Å². The zero-order valence-corrected chi connectivity index (χ0v) is 12.6. The van der Waals surface area contributed by atoms with Crippen LogP contribution in [-0.2, 0) is 14.3 Å². The molecule has 1 rings (SSSR count). The van der Waals surface area contributed by atoms with Gasteiger partial charge in [-0.25, -0.2) is 9.59 Å². The van der Waals surface area contributed by atoms with Crippen molar-refractivity contribution in [3.63, 3.8) is 0 Å². The molecule has 8 nitrogen and oxygen atoms in total. The summed E-state index contributed by atoms with van der Waals surface area (Å²) in [5.41, 5.74) is 0.364. The van der Waals surface area contributed by atoms with E-state index in [1.54, 1.807) is 18.2 Å². The fraction of sp³-hybridized carbons (Fsp3) is 0.250. The van der Waals surface area contributed by atoms with Crippen LogP contribution in [0.4, 0.5) is 10.5 Å². The summed E-state index contributed by atoms with van der Waals surface area (Å²) in [7, 11) is 1.44. The minimum absolute atomic E-state index is 0.364. The van der Waals surface area contributed by atoms with Gasteiger partial charge in [-0.2, -0.15) is 0 Å². The number of aliphatic carboxylic acids is 1. The fourth-order valence-corrected chi connectivity index (χ4v) is 1.69. The lowest BCUT2D eigenvalue weighted by Crippen LogP contribution is -2.37. The monoisotopic (exact) mass is 360 g/mol. The highest BCUT2D eigenvalue weighted by Gasteiger charge is 2.11. The Labute approximate surface area is 128 Å². The van der Waals surface area contributed by atoms with E-state index in [1.165, 1.54) is 7.11 Å². The van der Waals surface area contributed by atoms with Gasteiger partial charge in [0.15, 0.2) is 0 Å². The minimum atomic E-state index is -1.20. The summed E-state index contributed by atoms with van der Waals surface area (Å²) in [6.45, 7) is -1.15. The second kappa shape index (κ2) is 8.22. The molecule has 0 aromatic heterocycles. The molecule has 0 fully saturated rings. The molecular weight excluding hydrogens is 348 g/mol. The van der Waals surface area contributed by atoms with Gasteiger partial charge in [0.25, 0.3) is 5.91 Å². The van der Waals surface area contributed by atoms with Gasteiger partial charge in [0.1, 0.15) is 19.0 Å². The summed E-state index contributed by atoms with van der Waals surface area (Å²) in [5, 5.41) is 12.8. The molecule has 0 aliphatic rings. The van der Waals surface area contributed by atoms with E-state index >= 15 is 0 Å². The van der Waals surface area contributed by atoms with E-state index < -0.39 is 31.1 Å². The topological polar surface area (TPSA) is 114 Å². The number of anilines is 1. The first-order valence-electron chi connectivity index (χ1n) is 5.66. The van der Waals surface area contributed by atoms with Crippen molar-refractivity contribution in [2.75, 3.05) is 25.6 Å². The number of hydrogen-bond acceptors (Lipinski definition) is 5. The minimum Gasteiger partial charge on any atom is -0.495 e. The quantitative estimate of drug-likeness (QED) is 0.702. The van der Waals surface area contributed by atoms with Gasteiger partial charge in [0.05, 0.1) is 12.8 Å². The lowest BCUT2D eigenvalue weighted by molar-refractivity contribution is -0.143. The first kappa shape index (κ1) is 16.9. The van der Waals surface area contributed by atoms with Crippen LogP contribution in [-0.4, -0.2) is 43.3 Å². The van der Waals surface area contributed by atoms with Crippen LogP contribution in [0.3, 0.4) is 0 Å². The van der Waals surface area contributed by atoms with Gasteiger partial charge in [-0.05, 0) is 18.2 Å². The summed E-state index contributed by atoms with van der Waals surface area (Å²) in [4.78, 5) is 33.1. The molecule has 1 aromatic rings. The Bertz CT molecular complexity index is 549. The highest BCUT2D eigenvalue weighted by molar-refractivity contribution is 9.10. The molecule has 0 heterocycles. The molecule has 0 aliphatic heterocycles. The number of benzene rings is 1. The first-order chi connectivity index (χ1) is 9.92. The van der Waals surface area contributed by atoms with Crippen LogP contribution >= 0.6 is 15.9 Å². The molecule has 0 atom stereocenters. The van der Waals surface area contributed by atoms with Crippen LogP contribution in [0.1, 0.15) is 0 Å². The lowest BCUT2D eigenvalue weighted by Gasteiger charge is -2.11. The van der Waals surface area contributed by atoms with Crippen LogP contribution < -0.4 is 15.4 Å². The average molecular weight is 361 g/mol. The van der Waals surface area contributed by atoms with Crippen LogP contribution in [0.2, 0.25) is 0 Å². The van der Waals surface area contributed by atoms with Crippen molar-refractivity contribution in [3.8, 4) is 5.75 Å². The molecule has 3 amide bonds. The number of hydrogen-bond donors (Lipinski definition) is 3. The van der Waals surface area contributed by atoms with Gasteiger partial charge in [0.2, 0.25) is 0 Å². The number of amides is 3. The van der Waals surface area contributed by atoms with Crippen LogP contribution in [0, 0.1) is 0 Å². The third kappa shape index (κ3) is 6.23. The number of ether oxygens (including phenoxy) is 2. The van der Waals surface area contributed by atoms with Gasteiger partial charge in [0, 0.05) is 4.47 Å². The fourth-order valence-electron chi connectivity index (χ4n) is 1.33. The predicted molar refractivity (Wildman–Crippen MR) is 76.3 cm³/mol. The summed E-state index contributed by atoms with van der Waals surface area (Å²) in [6, 6.07) is 4.18. The molecule has 0 spiro atoms. The first-order valence-corrected chi connectivity index (χ1v) is 6.45. The molecule has 0 aliphatic carbocycles. The molecule has 3 N–H and O–H groups in total. The van der Waals surface area contributed by atoms with Crippen molar-refractivity contribution in [1.82, 2.24) is 5.32 Å². The molecule has 9 heteroatoms. The third-order valence-corrected chi connectivity index (χ3v) is 2.61. The van der Waals surface area contributed by atoms with Gasteiger partial charge < -0.3 is 19.9 Å². The van der Waals surface area contributed by atoms with Crippen LogP contribution in [0.15, 0.2) is 22.7 Å². The number of carbonyl (C=O) groups excluding carboxylic acids is 2. The number of halogens is 1. The standard InChI is InChI=1S/C12H13BrN2O6/c1-20-9-3-2-7(13)4-8(9)14-12(19)15-10(16)5-21-6-11(17)18/h2-4H,5-6H2,1H3,(H,17,18)(H2,14,15,16,19). The Kier molecular flexibility index (Phi) is 6.63. The predicted octanol–water partition coefficient (Wildman–Crippen LogP) is 1.21. The maximum atomic E-state index is 11.6. The van der Waals surface area contributed by atoms with E-state index in [0.717, 1.165) is 4.47 Å². The molecule has 0 unspecified atom stereocenters. The number of carbonyl (C=O) groups is 3. The Morgan fingerprint density at radius 3 is 2.62 bits per heavy atom. The van der Waals surface area contributed by atoms with Gasteiger partial charge in [-0.1, -0.05) is 15.9 Å². The van der Waals surface area contributed by atoms with Crippen molar-refractivity contribution >= 4 is 39.5 Å². The van der Waals surface area contributed by atoms with E-state index in [4.69, 9.17) is 9.84 Å². The maximum absolute atomic E-state index is 11.6. The molecule has 21 heavy (non-hydrogen) atoms. The lowest BCUT2D eigenvalue weighted by atomic mass is 10.3. The van der Waals surface area contributed by atoms with Crippen LogP contribution in [0.5, 0.6) is 5.75 Å². The molecule has 114 valence electrons. The smallest absolute Gasteiger partial charge is 0.329 e. The second-order valence-corrected chi connectivity index (χ2v) is 4.65. The number of imide groups is 1. The molecule has 0 saturated heterocycles.